The molecule has 0 spiro atoms. The van der Waals surface area contributed by atoms with Crippen molar-refractivity contribution in [2.45, 2.75) is 39.6 Å². The van der Waals surface area contributed by atoms with E-state index in [1.165, 1.54) is 0 Å². The summed E-state index contributed by atoms with van der Waals surface area (Å²) in [6.45, 7) is 4.77. The summed E-state index contributed by atoms with van der Waals surface area (Å²) < 4.78 is 27.2. The molecule has 0 radical (unpaired) electrons. The van der Waals surface area contributed by atoms with Crippen LogP contribution < -0.4 is 5.73 Å². The molecule has 1 atom stereocenters. The first kappa shape index (κ1) is 15.9. The van der Waals surface area contributed by atoms with E-state index in [0.717, 1.165) is 12.8 Å². The summed E-state index contributed by atoms with van der Waals surface area (Å²) in [5.41, 5.74) is 5.32. The molecule has 2 N–H and O–H groups in total. The summed E-state index contributed by atoms with van der Waals surface area (Å²) in [5, 5.41) is 0. The van der Waals surface area contributed by atoms with Gasteiger partial charge in [-0.05, 0) is 24.0 Å². The van der Waals surface area contributed by atoms with Crippen molar-refractivity contribution in [2.24, 2.45) is 5.73 Å². The summed E-state index contributed by atoms with van der Waals surface area (Å²) in [6, 6.07) is 0. The molecule has 0 aliphatic heterocycles. The molecule has 96 valence electrons. The number of rotatable bonds is 11. The Balaban J connectivity index is 3.82. The Morgan fingerprint density at radius 3 is 2.19 bits per heavy atom. The highest BCUT2D eigenvalue weighted by molar-refractivity contribution is 7.39. The van der Waals surface area contributed by atoms with Gasteiger partial charge in [-0.1, -0.05) is 18.4 Å². The first-order valence-corrected chi connectivity index (χ1v) is 7.15. The van der Waals surface area contributed by atoms with Crippen molar-refractivity contribution >= 4 is 8.03 Å². The highest BCUT2D eigenvalue weighted by Crippen LogP contribution is 2.26. The minimum atomic E-state index is -1.74. The summed E-state index contributed by atoms with van der Waals surface area (Å²) >= 11 is 0. The maximum Gasteiger partial charge on any atom is 0.513 e. The van der Waals surface area contributed by atoms with Gasteiger partial charge in [0.2, 0.25) is 0 Å². The van der Waals surface area contributed by atoms with Gasteiger partial charge in [0.05, 0.1) is 13.2 Å². The molecule has 0 saturated carbocycles. The van der Waals surface area contributed by atoms with Crippen LogP contribution in [0.25, 0.3) is 0 Å². The van der Waals surface area contributed by atoms with E-state index in [-0.39, 0.29) is 0 Å². The Morgan fingerprint density at radius 2 is 1.75 bits per heavy atom. The van der Waals surface area contributed by atoms with Crippen LogP contribution in [0.3, 0.4) is 0 Å². The third-order valence-corrected chi connectivity index (χ3v) is 2.75. The molecule has 1 unspecified atom stereocenters. The van der Waals surface area contributed by atoms with Gasteiger partial charge in [0.15, 0.2) is 6.16 Å². The Labute approximate surface area is 98.5 Å². The first-order chi connectivity index (χ1) is 7.74. The summed E-state index contributed by atoms with van der Waals surface area (Å²) in [5.74, 6) is 0. The molecule has 0 aromatic carbocycles. The van der Waals surface area contributed by atoms with Crippen LogP contribution >= 0.6 is 8.03 Å². The molecule has 0 bridgehead atoms. The van der Waals surface area contributed by atoms with E-state index in [1.54, 1.807) is 0 Å². The largest absolute Gasteiger partial charge is 0.513 e. The van der Waals surface area contributed by atoms with Crippen LogP contribution in [0.4, 0.5) is 0 Å². The summed E-state index contributed by atoms with van der Waals surface area (Å²) in [7, 11) is -1.74. The lowest BCUT2D eigenvalue weighted by Crippen LogP contribution is -2.20. The second-order valence-electron chi connectivity index (χ2n) is 3.33. The van der Waals surface area contributed by atoms with Crippen molar-refractivity contribution < 1.29 is 18.6 Å². The molecule has 0 aromatic heterocycles. The van der Waals surface area contributed by atoms with Gasteiger partial charge in [0.25, 0.3) is 0 Å². The molecule has 0 saturated heterocycles. The zero-order valence-corrected chi connectivity index (χ0v) is 11.1. The van der Waals surface area contributed by atoms with Gasteiger partial charge < -0.3 is 15.2 Å². The third-order valence-electron chi connectivity index (χ3n) is 1.66. The maximum absolute atomic E-state index is 11.4. The van der Waals surface area contributed by atoms with Crippen LogP contribution in [-0.2, 0) is 18.6 Å². The Hall–Kier alpha value is -0.0600. The summed E-state index contributed by atoms with van der Waals surface area (Å²) in [4.78, 5) is 0. The second kappa shape index (κ2) is 11.4. The maximum atomic E-state index is 11.4. The van der Waals surface area contributed by atoms with Crippen LogP contribution in [-0.4, -0.2) is 32.4 Å². The quantitative estimate of drug-likeness (QED) is 0.451. The standard InChI is InChI=1S/C10H23NO4P/c1-3-7-13-10(14-8-4-2)15-16(12)9-5-6-11/h10H,3-9,11H2,1-2H3/q+1. The molecule has 16 heavy (non-hydrogen) atoms. The molecule has 0 amide bonds. The molecular weight excluding hydrogens is 229 g/mol. The fourth-order valence-electron chi connectivity index (χ4n) is 0.906. The zero-order valence-electron chi connectivity index (χ0n) is 10.2. The normalized spacial score (nSPS) is 12.1. The fourth-order valence-corrected chi connectivity index (χ4v) is 1.77. The van der Waals surface area contributed by atoms with Crippen LogP contribution in [0, 0.1) is 0 Å². The monoisotopic (exact) mass is 252 g/mol. The smallest absolute Gasteiger partial charge is 0.330 e. The van der Waals surface area contributed by atoms with E-state index in [1.807, 2.05) is 13.8 Å². The molecule has 0 aliphatic rings. The Bertz CT molecular complexity index is 172. The third kappa shape index (κ3) is 9.19. The lowest BCUT2D eigenvalue weighted by molar-refractivity contribution is -0.244. The predicted octanol–water partition coefficient (Wildman–Crippen LogP) is 2.23. The fraction of sp³-hybridized carbons (Fsp3) is 1.00. The molecule has 5 nitrogen and oxygen atoms in total. The molecule has 0 aliphatic carbocycles. The van der Waals surface area contributed by atoms with E-state index >= 15 is 0 Å². The Kier molecular flexibility index (Phi) is 11.4. The molecular formula is C10H23NO4P+. The lowest BCUT2D eigenvalue weighted by Gasteiger charge is -2.11. The minimum absolute atomic E-state index is 0.452. The topological polar surface area (TPSA) is 70.8 Å². The molecule has 0 rings (SSSR count). The summed E-state index contributed by atoms with van der Waals surface area (Å²) in [6.07, 6.45) is 2.88. The lowest BCUT2D eigenvalue weighted by atomic mass is 10.5. The van der Waals surface area contributed by atoms with Crippen molar-refractivity contribution in [1.82, 2.24) is 0 Å². The molecule has 0 fully saturated rings. The van der Waals surface area contributed by atoms with E-state index < -0.39 is 14.5 Å². The number of nitrogens with two attached hydrogens (primary N) is 1. The molecule has 0 heterocycles. The van der Waals surface area contributed by atoms with E-state index in [0.29, 0.717) is 32.3 Å². The van der Waals surface area contributed by atoms with Crippen molar-refractivity contribution in [3.05, 3.63) is 0 Å². The SMILES string of the molecule is CCCOC(OCCC)O[P+](=O)CCCN. The average Bonchev–Trinajstić information content (AvgIpc) is 2.30. The van der Waals surface area contributed by atoms with Gasteiger partial charge in [-0.2, -0.15) is 0 Å². The van der Waals surface area contributed by atoms with Gasteiger partial charge in [-0.3, -0.25) is 0 Å². The van der Waals surface area contributed by atoms with E-state index in [9.17, 15) is 4.57 Å². The van der Waals surface area contributed by atoms with Crippen molar-refractivity contribution in [2.75, 3.05) is 25.9 Å². The van der Waals surface area contributed by atoms with E-state index in [2.05, 4.69) is 0 Å². The van der Waals surface area contributed by atoms with Crippen LogP contribution in [0.2, 0.25) is 0 Å². The van der Waals surface area contributed by atoms with Crippen LogP contribution in [0.15, 0.2) is 0 Å². The van der Waals surface area contributed by atoms with Gasteiger partial charge in [-0.25, -0.2) is 0 Å². The highest BCUT2D eigenvalue weighted by atomic mass is 31.1. The van der Waals surface area contributed by atoms with Crippen molar-refractivity contribution in [3.63, 3.8) is 0 Å². The number of ether oxygens (including phenoxy) is 2. The zero-order chi connectivity index (χ0) is 12.2. The predicted molar refractivity (Wildman–Crippen MR) is 63.5 cm³/mol. The second-order valence-corrected chi connectivity index (χ2v) is 4.66. The average molecular weight is 252 g/mol. The van der Waals surface area contributed by atoms with Crippen molar-refractivity contribution in [3.8, 4) is 0 Å². The molecule has 0 aromatic rings. The number of hydrogen-bond acceptors (Lipinski definition) is 5. The van der Waals surface area contributed by atoms with Crippen molar-refractivity contribution in [1.29, 1.82) is 0 Å². The minimum Gasteiger partial charge on any atom is -0.330 e. The first-order valence-electron chi connectivity index (χ1n) is 5.79. The van der Waals surface area contributed by atoms with E-state index in [4.69, 9.17) is 19.7 Å². The van der Waals surface area contributed by atoms with Crippen LogP contribution in [0.1, 0.15) is 33.1 Å². The van der Waals surface area contributed by atoms with Gasteiger partial charge in [-0.15, -0.1) is 0 Å². The van der Waals surface area contributed by atoms with Gasteiger partial charge >= 0.3 is 14.5 Å². The van der Waals surface area contributed by atoms with Gasteiger partial charge in [0, 0.05) is 6.42 Å². The number of hydrogen-bond donors (Lipinski definition) is 1. The van der Waals surface area contributed by atoms with Crippen LogP contribution in [0.5, 0.6) is 0 Å². The molecule has 6 heteroatoms. The van der Waals surface area contributed by atoms with Gasteiger partial charge in [0.1, 0.15) is 0 Å². The highest BCUT2D eigenvalue weighted by Gasteiger charge is 2.25. The Morgan fingerprint density at radius 1 is 1.19 bits per heavy atom.